The maximum absolute atomic E-state index is 13.3. The van der Waals surface area contributed by atoms with Gasteiger partial charge in [-0.3, -0.25) is 9.10 Å². The maximum atomic E-state index is 13.3. The van der Waals surface area contributed by atoms with Gasteiger partial charge in [0.1, 0.15) is 12.4 Å². The van der Waals surface area contributed by atoms with Crippen molar-refractivity contribution in [3.05, 3.63) is 94.8 Å². The molecule has 180 valence electrons. The fraction of sp³-hybridized carbons (Fsp3) is 0.174. The third kappa shape index (κ3) is 6.27. The monoisotopic (exact) mass is 514 g/mol. The summed E-state index contributed by atoms with van der Waals surface area (Å²) in [5.74, 6) is -1.16. The molecule has 34 heavy (non-hydrogen) atoms. The second-order valence-electron chi connectivity index (χ2n) is 7.22. The van der Waals surface area contributed by atoms with Crippen LogP contribution in [0.3, 0.4) is 0 Å². The molecule has 0 saturated heterocycles. The summed E-state index contributed by atoms with van der Waals surface area (Å²) in [6.45, 7) is -0.707. The third-order valence-electron chi connectivity index (χ3n) is 4.81. The van der Waals surface area contributed by atoms with E-state index in [2.05, 4.69) is 5.32 Å². The number of nitrogens with zero attached hydrogens (tertiary/aromatic N) is 1. The van der Waals surface area contributed by atoms with Gasteiger partial charge in [0.2, 0.25) is 5.91 Å². The number of benzene rings is 3. The average molecular weight is 515 g/mol. The Hall–Kier alpha value is -3.11. The summed E-state index contributed by atoms with van der Waals surface area (Å²) < 4.78 is 80.0. The van der Waals surface area contributed by atoms with Crippen molar-refractivity contribution in [2.45, 2.75) is 17.5 Å². The fourth-order valence-electron chi connectivity index (χ4n) is 3.08. The number of hydrogen-bond acceptors (Lipinski definition) is 3. The quantitative estimate of drug-likeness (QED) is 0.428. The van der Waals surface area contributed by atoms with Crippen molar-refractivity contribution in [1.82, 2.24) is 5.32 Å². The molecule has 0 aliphatic rings. The van der Waals surface area contributed by atoms with Crippen molar-refractivity contribution < 1.29 is 30.8 Å². The van der Waals surface area contributed by atoms with E-state index in [0.717, 1.165) is 17.7 Å². The largest absolute Gasteiger partial charge is 0.416 e. The van der Waals surface area contributed by atoms with Crippen LogP contribution in [0.15, 0.2) is 77.7 Å². The highest BCUT2D eigenvalue weighted by atomic mass is 35.5. The van der Waals surface area contributed by atoms with Crippen LogP contribution in [0.25, 0.3) is 0 Å². The zero-order chi connectivity index (χ0) is 24.9. The van der Waals surface area contributed by atoms with Crippen LogP contribution in [0.1, 0.15) is 11.1 Å². The van der Waals surface area contributed by atoms with E-state index in [9.17, 15) is 30.8 Å². The van der Waals surface area contributed by atoms with E-state index in [-0.39, 0.29) is 16.5 Å². The van der Waals surface area contributed by atoms with E-state index < -0.39 is 45.7 Å². The number of rotatable bonds is 8. The molecule has 0 aliphatic heterocycles. The van der Waals surface area contributed by atoms with E-state index in [1.165, 1.54) is 48.5 Å². The third-order valence-corrected chi connectivity index (χ3v) is 6.90. The maximum Gasteiger partial charge on any atom is 0.416 e. The van der Waals surface area contributed by atoms with Crippen molar-refractivity contribution in [1.29, 1.82) is 0 Å². The van der Waals surface area contributed by atoms with Gasteiger partial charge in [-0.2, -0.15) is 13.2 Å². The van der Waals surface area contributed by atoms with Gasteiger partial charge in [0.05, 0.1) is 21.2 Å². The average Bonchev–Trinajstić information content (AvgIpc) is 2.79. The van der Waals surface area contributed by atoms with Crippen molar-refractivity contribution in [3.8, 4) is 0 Å². The van der Waals surface area contributed by atoms with Gasteiger partial charge in [0.25, 0.3) is 10.0 Å². The summed E-state index contributed by atoms with van der Waals surface area (Å²) >= 11 is 6.08. The number of hydrogen-bond donors (Lipinski definition) is 1. The molecule has 3 aromatic carbocycles. The Morgan fingerprint density at radius 3 is 2.24 bits per heavy atom. The van der Waals surface area contributed by atoms with Crippen molar-refractivity contribution >= 4 is 33.2 Å². The van der Waals surface area contributed by atoms with E-state index in [4.69, 9.17) is 11.6 Å². The van der Waals surface area contributed by atoms with Crippen LogP contribution in [0.4, 0.5) is 23.2 Å². The van der Waals surface area contributed by atoms with Gasteiger partial charge in [-0.25, -0.2) is 12.8 Å². The Morgan fingerprint density at radius 1 is 0.971 bits per heavy atom. The molecule has 1 N–H and O–H groups in total. The minimum absolute atomic E-state index is 0.0972. The number of anilines is 1. The number of alkyl halides is 3. The molecule has 0 heterocycles. The van der Waals surface area contributed by atoms with Gasteiger partial charge in [-0.1, -0.05) is 41.9 Å². The van der Waals surface area contributed by atoms with Crippen LogP contribution in [0, 0.1) is 5.82 Å². The van der Waals surface area contributed by atoms with Crippen LogP contribution >= 0.6 is 11.6 Å². The second-order valence-corrected chi connectivity index (χ2v) is 9.48. The van der Waals surface area contributed by atoms with Crippen molar-refractivity contribution in [2.75, 3.05) is 17.4 Å². The number of amides is 1. The Balaban J connectivity index is 1.88. The highest BCUT2D eigenvalue weighted by Gasteiger charge is 2.34. The standard InChI is InChI=1S/C23H19ClF4N2O3S/c24-20-11-8-17(23(26,27)28)14-21(20)30(34(32,33)19-4-2-1-3-5-19)15-22(31)29-13-12-16-6-9-18(25)10-7-16/h1-11,14H,12-13,15H2,(H,29,31). The summed E-state index contributed by atoms with van der Waals surface area (Å²) in [6.07, 6.45) is -4.42. The summed E-state index contributed by atoms with van der Waals surface area (Å²) in [5, 5.41) is 2.26. The molecule has 0 fully saturated rings. The molecule has 0 saturated carbocycles. The molecular formula is C23H19ClF4N2O3S. The van der Waals surface area contributed by atoms with Gasteiger partial charge < -0.3 is 5.32 Å². The molecule has 3 aromatic rings. The summed E-state index contributed by atoms with van der Waals surface area (Å²) in [7, 11) is -4.44. The molecule has 11 heteroatoms. The first-order valence-electron chi connectivity index (χ1n) is 9.94. The number of carbonyl (C=O) groups excluding carboxylic acids is 1. The molecule has 0 aromatic heterocycles. The number of nitrogens with one attached hydrogen (secondary N) is 1. The second kappa shape index (κ2) is 10.4. The lowest BCUT2D eigenvalue weighted by atomic mass is 10.1. The predicted molar refractivity (Wildman–Crippen MR) is 121 cm³/mol. The van der Waals surface area contributed by atoms with Crippen LogP contribution < -0.4 is 9.62 Å². The van der Waals surface area contributed by atoms with Gasteiger partial charge in [0.15, 0.2) is 0 Å². The first-order chi connectivity index (χ1) is 16.0. The summed E-state index contributed by atoms with van der Waals surface area (Å²) in [4.78, 5) is 12.4. The van der Waals surface area contributed by atoms with Gasteiger partial charge >= 0.3 is 6.18 Å². The van der Waals surface area contributed by atoms with E-state index in [1.54, 1.807) is 6.07 Å². The lowest BCUT2D eigenvalue weighted by molar-refractivity contribution is -0.137. The molecule has 0 atom stereocenters. The van der Waals surface area contributed by atoms with Gasteiger partial charge in [0, 0.05) is 6.54 Å². The lowest BCUT2D eigenvalue weighted by Gasteiger charge is -2.26. The van der Waals surface area contributed by atoms with Crippen molar-refractivity contribution in [3.63, 3.8) is 0 Å². The minimum atomic E-state index is -4.75. The van der Waals surface area contributed by atoms with E-state index in [1.807, 2.05) is 0 Å². The molecule has 0 spiro atoms. The topological polar surface area (TPSA) is 66.5 Å². The summed E-state index contributed by atoms with van der Waals surface area (Å²) in [5.41, 5.74) is -0.859. The van der Waals surface area contributed by atoms with Crippen LogP contribution in [0.2, 0.25) is 5.02 Å². The molecule has 0 unspecified atom stereocenters. The Labute approximate surface area is 199 Å². The normalized spacial score (nSPS) is 11.8. The molecule has 5 nitrogen and oxygen atoms in total. The first-order valence-corrected chi connectivity index (χ1v) is 11.8. The van der Waals surface area contributed by atoms with Gasteiger partial charge in [-0.05, 0) is 54.4 Å². The molecule has 0 radical (unpaired) electrons. The van der Waals surface area contributed by atoms with Crippen molar-refractivity contribution in [2.24, 2.45) is 0 Å². The molecular weight excluding hydrogens is 496 g/mol. The minimum Gasteiger partial charge on any atom is -0.354 e. The fourth-order valence-corrected chi connectivity index (χ4v) is 4.81. The van der Waals surface area contributed by atoms with Crippen LogP contribution in [-0.2, 0) is 27.4 Å². The molecule has 1 amide bonds. The molecule has 3 rings (SSSR count). The Bertz CT molecular complexity index is 1250. The number of sulfonamides is 1. The zero-order valence-electron chi connectivity index (χ0n) is 17.5. The Morgan fingerprint density at radius 2 is 1.62 bits per heavy atom. The predicted octanol–water partition coefficient (Wildman–Crippen LogP) is 5.05. The molecule has 0 aliphatic carbocycles. The molecule has 0 bridgehead atoms. The van der Waals surface area contributed by atoms with E-state index >= 15 is 0 Å². The first kappa shape index (κ1) is 25.5. The highest BCUT2D eigenvalue weighted by Crippen LogP contribution is 2.37. The Kier molecular flexibility index (Phi) is 7.83. The number of carbonyl (C=O) groups is 1. The lowest BCUT2D eigenvalue weighted by Crippen LogP contribution is -2.41. The summed E-state index contributed by atoms with van der Waals surface area (Å²) in [6, 6.07) is 14.8. The van der Waals surface area contributed by atoms with Crippen LogP contribution in [0.5, 0.6) is 0 Å². The van der Waals surface area contributed by atoms with E-state index in [0.29, 0.717) is 16.8 Å². The number of halogens is 5. The van der Waals surface area contributed by atoms with Crippen LogP contribution in [-0.4, -0.2) is 27.4 Å². The van der Waals surface area contributed by atoms with Gasteiger partial charge in [-0.15, -0.1) is 0 Å². The SMILES string of the molecule is O=C(CN(c1cc(C(F)(F)F)ccc1Cl)S(=O)(=O)c1ccccc1)NCCc1ccc(F)cc1. The smallest absolute Gasteiger partial charge is 0.354 e. The highest BCUT2D eigenvalue weighted by molar-refractivity contribution is 7.92. The zero-order valence-corrected chi connectivity index (χ0v) is 19.1.